The zero-order valence-electron chi connectivity index (χ0n) is 10.4. The van der Waals surface area contributed by atoms with Gasteiger partial charge >= 0.3 is 0 Å². The summed E-state index contributed by atoms with van der Waals surface area (Å²) in [6, 6.07) is 0. The molecule has 3 N–H and O–H groups in total. The van der Waals surface area contributed by atoms with Crippen LogP contribution in [-0.4, -0.2) is 31.2 Å². The minimum Gasteiger partial charge on any atom is -0.372 e. The van der Waals surface area contributed by atoms with Crippen LogP contribution in [0.4, 0.5) is 0 Å². The molecule has 1 rings (SSSR count). The number of hydrogen-bond acceptors (Lipinski definition) is 3. The van der Waals surface area contributed by atoms with E-state index in [1.807, 2.05) is 6.92 Å². The molecule has 0 aromatic carbocycles. The second-order valence-corrected chi connectivity index (χ2v) is 4.85. The topological polar surface area (TPSA) is 64.3 Å². The molecule has 1 aliphatic rings. The van der Waals surface area contributed by atoms with Gasteiger partial charge in [0.15, 0.2) is 0 Å². The number of ether oxygens (including phenoxy) is 1. The molecule has 0 bridgehead atoms. The van der Waals surface area contributed by atoms with Gasteiger partial charge in [-0.3, -0.25) is 4.79 Å². The van der Waals surface area contributed by atoms with E-state index in [0.717, 1.165) is 12.8 Å². The highest BCUT2D eigenvalue weighted by atomic mass is 16.5. The fourth-order valence-corrected chi connectivity index (χ4v) is 1.81. The van der Waals surface area contributed by atoms with E-state index >= 15 is 0 Å². The number of rotatable bonds is 8. The Kier molecular flexibility index (Phi) is 5.22. The zero-order valence-corrected chi connectivity index (χ0v) is 10.4. The van der Waals surface area contributed by atoms with E-state index in [0.29, 0.717) is 19.1 Å². The van der Waals surface area contributed by atoms with Crippen molar-refractivity contribution in [1.82, 2.24) is 5.32 Å². The van der Waals surface area contributed by atoms with Crippen molar-refractivity contribution >= 4 is 5.91 Å². The number of carbonyl (C=O) groups is 1. The normalized spacial score (nSPS) is 19.2. The molecule has 0 aromatic heterocycles. The van der Waals surface area contributed by atoms with Gasteiger partial charge in [-0.05, 0) is 32.1 Å². The summed E-state index contributed by atoms with van der Waals surface area (Å²) >= 11 is 0. The van der Waals surface area contributed by atoms with Crippen LogP contribution in [0.15, 0.2) is 0 Å². The summed E-state index contributed by atoms with van der Waals surface area (Å²) in [6.45, 7) is 5.43. The highest BCUT2D eigenvalue weighted by Crippen LogP contribution is 2.38. The van der Waals surface area contributed by atoms with Crippen molar-refractivity contribution in [3.8, 4) is 0 Å². The summed E-state index contributed by atoms with van der Waals surface area (Å²) in [5, 5.41) is 2.99. The van der Waals surface area contributed by atoms with Crippen LogP contribution in [0.1, 0.15) is 39.5 Å². The lowest BCUT2D eigenvalue weighted by molar-refractivity contribution is -0.127. The average molecular weight is 228 g/mol. The third kappa shape index (κ3) is 4.10. The standard InChI is InChI=1S/C12H24N2O2/c1-3-4-7-16-8-11(15)14-12(2,9-13)10-5-6-10/h10H,3-9,13H2,1-2H3,(H,14,15). The molecule has 0 heterocycles. The Bertz CT molecular complexity index is 229. The Morgan fingerprint density at radius 1 is 1.56 bits per heavy atom. The van der Waals surface area contributed by atoms with E-state index in [9.17, 15) is 4.79 Å². The fourth-order valence-electron chi connectivity index (χ4n) is 1.81. The first-order valence-corrected chi connectivity index (χ1v) is 6.21. The average Bonchev–Trinajstić information content (AvgIpc) is 3.08. The van der Waals surface area contributed by atoms with E-state index in [1.54, 1.807) is 0 Å². The Balaban J connectivity index is 2.21. The van der Waals surface area contributed by atoms with Crippen molar-refractivity contribution in [2.75, 3.05) is 19.8 Å². The van der Waals surface area contributed by atoms with Gasteiger partial charge in [-0.2, -0.15) is 0 Å². The second kappa shape index (κ2) is 6.21. The van der Waals surface area contributed by atoms with Gasteiger partial charge in [0.25, 0.3) is 0 Å². The predicted molar refractivity (Wildman–Crippen MR) is 64.1 cm³/mol. The van der Waals surface area contributed by atoms with Crippen molar-refractivity contribution in [3.63, 3.8) is 0 Å². The van der Waals surface area contributed by atoms with E-state index in [2.05, 4.69) is 12.2 Å². The molecule has 1 fully saturated rings. The summed E-state index contributed by atoms with van der Waals surface area (Å²) in [4.78, 5) is 11.6. The van der Waals surface area contributed by atoms with Gasteiger partial charge in [0, 0.05) is 13.2 Å². The van der Waals surface area contributed by atoms with Gasteiger partial charge in [-0.25, -0.2) is 0 Å². The largest absolute Gasteiger partial charge is 0.372 e. The van der Waals surface area contributed by atoms with Gasteiger partial charge < -0.3 is 15.8 Å². The number of hydrogen-bond donors (Lipinski definition) is 2. The molecular weight excluding hydrogens is 204 g/mol. The Morgan fingerprint density at radius 3 is 2.75 bits per heavy atom. The van der Waals surface area contributed by atoms with Gasteiger partial charge in [0.2, 0.25) is 5.91 Å². The van der Waals surface area contributed by atoms with Crippen molar-refractivity contribution in [3.05, 3.63) is 0 Å². The first-order chi connectivity index (χ1) is 7.62. The maximum atomic E-state index is 11.6. The lowest BCUT2D eigenvalue weighted by Crippen LogP contribution is -2.54. The molecule has 0 radical (unpaired) electrons. The Morgan fingerprint density at radius 2 is 2.25 bits per heavy atom. The Labute approximate surface area is 97.9 Å². The van der Waals surface area contributed by atoms with E-state index in [4.69, 9.17) is 10.5 Å². The van der Waals surface area contributed by atoms with Gasteiger partial charge in [-0.1, -0.05) is 13.3 Å². The summed E-state index contributed by atoms with van der Waals surface area (Å²) in [5.41, 5.74) is 5.49. The number of nitrogens with two attached hydrogens (primary N) is 1. The molecule has 1 unspecified atom stereocenters. The van der Waals surface area contributed by atoms with E-state index in [1.165, 1.54) is 12.8 Å². The van der Waals surface area contributed by atoms with Gasteiger partial charge in [0.05, 0.1) is 5.54 Å². The van der Waals surface area contributed by atoms with E-state index in [-0.39, 0.29) is 18.1 Å². The minimum atomic E-state index is -0.231. The van der Waals surface area contributed by atoms with Crippen molar-refractivity contribution < 1.29 is 9.53 Å². The zero-order chi connectivity index (χ0) is 12.0. The molecule has 1 atom stereocenters. The Hall–Kier alpha value is -0.610. The maximum absolute atomic E-state index is 11.6. The summed E-state index contributed by atoms with van der Waals surface area (Å²) in [5.74, 6) is 0.507. The molecule has 1 amide bonds. The number of carbonyl (C=O) groups excluding carboxylic acids is 1. The van der Waals surface area contributed by atoms with Crippen LogP contribution in [0, 0.1) is 5.92 Å². The minimum absolute atomic E-state index is 0.0454. The first-order valence-electron chi connectivity index (χ1n) is 6.21. The third-order valence-electron chi connectivity index (χ3n) is 3.20. The lowest BCUT2D eigenvalue weighted by Gasteiger charge is -2.29. The van der Waals surface area contributed by atoms with Crippen molar-refractivity contribution in [2.24, 2.45) is 11.7 Å². The van der Waals surface area contributed by atoms with Gasteiger partial charge in [0.1, 0.15) is 6.61 Å². The van der Waals surface area contributed by atoms with Crippen LogP contribution in [0.3, 0.4) is 0 Å². The highest BCUT2D eigenvalue weighted by Gasteiger charge is 2.41. The monoisotopic (exact) mass is 228 g/mol. The summed E-state index contributed by atoms with van der Waals surface area (Å²) < 4.78 is 5.27. The molecule has 4 heteroatoms. The molecule has 0 aromatic rings. The van der Waals surface area contributed by atoms with Crippen molar-refractivity contribution in [1.29, 1.82) is 0 Å². The van der Waals surface area contributed by atoms with Crippen LogP contribution in [-0.2, 0) is 9.53 Å². The lowest BCUT2D eigenvalue weighted by atomic mass is 9.96. The smallest absolute Gasteiger partial charge is 0.246 e. The first kappa shape index (κ1) is 13.5. The quantitative estimate of drug-likeness (QED) is 0.610. The number of nitrogens with one attached hydrogen (secondary N) is 1. The molecule has 16 heavy (non-hydrogen) atoms. The molecule has 94 valence electrons. The maximum Gasteiger partial charge on any atom is 0.246 e. The van der Waals surface area contributed by atoms with Crippen LogP contribution >= 0.6 is 0 Å². The molecular formula is C12H24N2O2. The van der Waals surface area contributed by atoms with Crippen LogP contribution in [0.5, 0.6) is 0 Å². The fraction of sp³-hybridized carbons (Fsp3) is 0.917. The van der Waals surface area contributed by atoms with Crippen molar-refractivity contribution in [2.45, 2.75) is 45.1 Å². The van der Waals surface area contributed by atoms with Crippen LogP contribution in [0.2, 0.25) is 0 Å². The predicted octanol–water partition coefficient (Wildman–Crippen LogP) is 1.05. The molecule has 1 aliphatic carbocycles. The molecule has 4 nitrogen and oxygen atoms in total. The third-order valence-corrected chi connectivity index (χ3v) is 3.20. The molecule has 1 saturated carbocycles. The molecule has 0 aliphatic heterocycles. The summed E-state index contributed by atoms with van der Waals surface area (Å²) in [7, 11) is 0. The summed E-state index contributed by atoms with van der Waals surface area (Å²) in [6.07, 6.45) is 4.43. The SMILES string of the molecule is CCCCOCC(=O)NC(C)(CN)C1CC1. The van der Waals surface area contributed by atoms with E-state index < -0.39 is 0 Å². The molecule has 0 saturated heterocycles. The second-order valence-electron chi connectivity index (χ2n) is 4.85. The number of unbranched alkanes of at least 4 members (excludes halogenated alkanes) is 1. The number of amides is 1. The van der Waals surface area contributed by atoms with Crippen LogP contribution < -0.4 is 11.1 Å². The van der Waals surface area contributed by atoms with Gasteiger partial charge in [-0.15, -0.1) is 0 Å². The molecule has 0 spiro atoms. The van der Waals surface area contributed by atoms with Crippen LogP contribution in [0.25, 0.3) is 0 Å². The highest BCUT2D eigenvalue weighted by molar-refractivity contribution is 5.78.